The molecule has 0 N–H and O–H groups in total. The summed E-state index contributed by atoms with van der Waals surface area (Å²) in [6.07, 6.45) is 7.97. The minimum absolute atomic E-state index is 0.0588. The van der Waals surface area contributed by atoms with Crippen molar-refractivity contribution in [2.24, 2.45) is 17.8 Å². The van der Waals surface area contributed by atoms with Crippen molar-refractivity contribution in [3.8, 4) is 5.75 Å². The molecule has 5 rings (SSSR count). The average Bonchev–Trinajstić information content (AvgIpc) is 2.60. The molecule has 4 aliphatic carbocycles. The second-order valence-corrected chi connectivity index (χ2v) is 8.60. The summed E-state index contributed by atoms with van der Waals surface area (Å²) in [4.78, 5) is 12.2. The second-order valence-electron chi connectivity index (χ2n) is 8.60. The van der Waals surface area contributed by atoms with E-state index in [1.807, 2.05) is 12.1 Å². The molecule has 4 bridgehead atoms. The number of hydrogen-bond acceptors (Lipinski definition) is 4. The molecular formula is C22H30O4. The normalized spacial score (nSPS) is 32.0. The van der Waals surface area contributed by atoms with Crippen molar-refractivity contribution < 1.29 is 19.0 Å². The number of benzene rings is 1. The first kappa shape index (κ1) is 18.0. The van der Waals surface area contributed by atoms with Crippen molar-refractivity contribution in [1.82, 2.24) is 0 Å². The van der Waals surface area contributed by atoms with Gasteiger partial charge in [0.15, 0.2) is 12.6 Å². The van der Waals surface area contributed by atoms with Crippen LogP contribution in [0.1, 0.15) is 61.4 Å². The van der Waals surface area contributed by atoms with E-state index in [-0.39, 0.29) is 18.0 Å². The fraction of sp³-hybridized carbons (Fsp3) is 0.682. The van der Waals surface area contributed by atoms with Gasteiger partial charge in [0.25, 0.3) is 0 Å². The van der Waals surface area contributed by atoms with Gasteiger partial charge in [0.05, 0.1) is 18.8 Å². The molecule has 0 aromatic heterocycles. The number of ketones is 1. The van der Waals surface area contributed by atoms with Crippen molar-refractivity contribution in [3.63, 3.8) is 0 Å². The molecule has 142 valence electrons. The molecule has 4 aliphatic rings. The van der Waals surface area contributed by atoms with E-state index in [9.17, 15) is 4.79 Å². The zero-order valence-corrected chi connectivity index (χ0v) is 16.0. The van der Waals surface area contributed by atoms with Gasteiger partial charge in [-0.25, -0.2) is 0 Å². The number of rotatable bonds is 8. The molecule has 1 aromatic rings. The molecule has 0 spiro atoms. The van der Waals surface area contributed by atoms with Gasteiger partial charge in [-0.1, -0.05) is 12.1 Å². The van der Waals surface area contributed by atoms with E-state index in [0.29, 0.717) is 18.8 Å². The van der Waals surface area contributed by atoms with Gasteiger partial charge in [-0.15, -0.1) is 0 Å². The van der Waals surface area contributed by atoms with Gasteiger partial charge in [-0.2, -0.15) is 0 Å². The maximum atomic E-state index is 12.2. The van der Waals surface area contributed by atoms with Crippen LogP contribution in [0.4, 0.5) is 0 Å². The first-order valence-corrected chi connectivity index (χ1v) is 9.95. The lowest BCUT2D eigenvalue weighted by atomic mass is 9.48. The summed E-state index contributed by atoms with van der Waals surface area (Å²) in [6.45, 7) is 2.81. The summed E-state index contributed by atoms with van der Waals surface area (Å²) in [5.74, 6) is 3.39. The number of para-hydroxylation sites is 1. The summed E-state index contributed by atoms with van der Waals surface area (Å²) in [7, 11) is 1.65. The van der Waals surface area contributed by atoms with Gasteiger partial charge in [0.2, 0.25) is 0 Å². The van der Waals surface area contributed by atoms with Gasteiger partial charge < -0.3 is 14.2 Å². The van der Waals surface area contributed by atoms with Crippen molar-refractivity contribution >= 4 is 5.78 Å². The monoisotopic (exact) mass is 358 g/mol. The molecule has 0 amide bonds. The average molecular weight is 358 g/mol. The van der Waals surface area contributed by atoms with Crippen LogP contribution in [0.15, 0.2) is 18.2 Å². The zero-order valence-electron chi connectivity index (χ0n) is 16.0. The largest absolute Gasteiger partial charge is 0.466 e. The van der Waals surface area contributed by atoms with Crippen molar-refractivity contribution in [3.05, 3.63) is 29.3 Å². The van der Waals surface area contributed by atoms with Crippen LogP contribution in [0, 0.1) is 17.8 Å². The molecule has 1 aromatic carbocycles. The Kier molecular flexibility index (Phi) is 5.07. The van der Waals surface area contributed by atoms with Crippen LogP contribution in [0.3, 0.4) is 0 Å². The predicted molar refractivity (Wildman–Crippen MR) is 99.6 cm³/mol. The molecule has 0 unspecified atom stereocenters. The minimum atomic E-state index is 0.0588. The van der Waals surface area contributed by atoms with Crippen LogP contribution < -0.4 is 4.74 Å². The van der Waals surface area contributed by atoms with Gasteiger partial charge >= 0.3 is 0 Å². The molecule has 0 heterocycles. The molecule has 0 atom stereocenters. The Balaban J connectivity index is 1.63. The quantitative estimate of drug-likeness (QED) is 0.393. The minimum Gasteiger partial charge on any atom is -0.466 e. The molecule has 4 nitrogen and oxygen atoms in total. The molecule has 4 fully saturated rings. The lowest BCUT2D eigenvalue weighted by Crippen LogP contribution is -2.48. The van der Waals surface area contributed by atoms with Crippen molar-refractivity contribution in [1.29, 1.82) is 0 Å². The third-order valence-electron chi connectivity index (χ3n) is 6.72. The predicted octanol–water partition coefficient (Wildman–Crippen LogP) is 4.36. The van der Waals surface area contributed by atoms with Crippen LogP contribution in [0.25, 0.3) is 0 Å². The fourth-order valence-corrected chi connectivity index (χ4v) is 6.13. The topological polar surface area (TPSA) is 44.8 Å². The number of Topliss-reactive ketones (excluding diaryl/α,β-unsaturated/α-hetero) is 1. The highest BCUT2D eigenvalue weighted by molar-refractivity contribution is 5.97. The zero-order chi connectivity index (χ0) is 18.1. The van der Waals surface area contributed by atoms with Crippen LogP contribution in [0.2, 0.25) is 0 Å². The highest BCUT2D eigenvalue weighted by atomic mass is 16.7. The lowest BCUT2D eigenvalue weighted by molar-refractivity contribution is -0.0191. The third-order valence-corrected chi connectivity index (χ3v) is 6.72. The number of carbonyl (C=O) groups excluding carboxylic acids is 1. The Morgan fingerprint density at radius 1 is 1.08 bits per heavy atom. The molecule has 26 heavy (non-hydrogen) atoms. The fourth-order valence-electron chi connectivity index (χ4n) is 6.13. The van der Waals surface area contributed by atoms with E-state index in [1.54, 1.807) is 14.0 Å². The summed E-state index contributed by atoms with van der Waals surface area (Å²) in [6, 6.07) is 6.12. The molecule has 0 aliphatic heterocycles. The molecule has 0 radical (unpaired) electrons. The van der Waals surface area contributed by atoms with E-state index in [0.717, 1.165) is 23.5 Å². The SMILES string of the molecule is COCCOCOc1c(C(C)=O)cccc1C12CC3CC(CC(C3)C1)C2. The Bertz CT molecular complexity index is 631. The first-order valence-electron chi connectivity index (χ1n) is 9.95. The molecule has 0 saturated heterocycles. The summed E-state index contributed by atoms with van der Waals surface area (Å²) < 4.78 is 16.6. The maximum Gasteiger partial charge on any atom is 0.189 e. The second kappa shape index (κ2) is 7.32. The summed E-state index contributed by atoms with van der Waals surface area (Å²) in [5.41, 5.74) is 2.13. The molecular weight excluding hydrogens is 328 g/mol. The number of hydrogen-bond donors (Lipinski definition) is 0. The standard InChI is InChI=1S/C22H30O4/c1-15(23)19-4-3-5-20(21(19)26-14-25-7-6-24-2)22-11-16-8-17(12-22)10-18(9-16)13-22/h3-5,16-18H,6-14H2,1-2H3. The Hall–Kier alpha value is -1.39. The van der Waals surface area contributed by atoms with Gasteiger partial charge in [0.1, 0.15) is 5.75 Å². The van der Waals surface area contributed by atoms with Crippen molar-refractivity contribution in [2.75, 3.05) is 27.1 Å². The van der Waals surface area contributed by atoms with E-state index in [2.05, 4.69) is 6.07 Å². The van der Waals surface area contributed by atoms with Crippen LogP contribution >= 0.6 is 0 Å². The first-order chi connectivity index (χ1) is 12.6. The number of methoxy groups -OCH3 is 1. The van der Waals surface area contributed by atoms with Gasteiger partial charge in [-0.3, -0.25) is 4.79 Å². The smallest absolute Gasteiger partial charge is 0.189 e. The van der Waals surface area contributed by atoms with Gasteiger partial charge in [0, 0.05) is 12.7 Å². The lowest BCUT2D eigenvalue weighted by Gasteiger charge is -2.57. The number of ether oxygens (including phenoxy) is 3. The third kappa shape index (κ3) is 3.29. The van der Waals surface area contributed by atoms with E-state index in [1.165, 1.54) is 44.1 Å². The highest BCUT2D eigenvalue weighted by Crippen LogP contribution is 2.62. The van der Waals surface area contributed by atoms with E-state index >= 15 is 0 Å². The highest BCUT2D eigenvalue weighted by Gasteiger charge is 2.52. The van der Waals surface area contributed by atoms with Crippen molar-refractivity contribution in [2.45, 2.75) is 50.9 Å². The van der Waals surface area contributed by atoms with Crippen LogP contribution in [0.5, 0.6) is 5.75 Å². The Morgan fingerprint density at radius 2 is 1.73 bits per heavy atom. The Labute approximate surface area is 156 Å². The van der Waals surface area contributed by atoms with Gasteiger partial charge in [-0.05, 0) is 74.7 Å². The number of carbonyl (C=O) groups is 1. The van der Waals surface area contributed by atoms with Crippen LogP contribution in [-0.2, 0) is 14.9 Å². The maximum absolute atomic E-state index is 12.2. The van der Waals surface area contributed by atoms with E-state index < -0.39 is 0 Å². The van der Waals surface area contributed by atoms with E-state index in [4.69, 9.17) is 14.2 Å². The molecule has 4 heteroatoms. The summed E-state index contributed by atoms with van der Waals surface area (Å²) >= 11 is 0. The summed E-state index contributed by atoms with van der Waals surface area (Å²) in [5, 5.41) is 0. The van der Waals surface area contributed by atoms with Crippen LogP contribution in [-0.4, -0.2) is 32.9 Å². The molecule has 4 saturated carbocycles. The Morgan fingerprint density at radius 3 is 2.31 bits per heavy atom.